The van der Waals surface area contributed by atoms with E-state index < -0.39 is 16.0 Å². The molecule has 0 radical (unpaired) electrons. The van der Waals surface area contributed by atoms with Gasteiger partial charge in [0.15, 0.2) is 18.1 Å². The molecule has 184 valence electrons. The first kappa shape index (κ1) is 25.3. The number of esters is 1. The van der Waals surface area contributed by atoms with Crippen LogP contribution >= 0.6 is 0 Å². The first-order valence-corrected chi connectivity index (χ1v) is 12.1. The standard InChI is InChI=1S/C23H28N2O8S/c1-4-32-23(27)17-5-7-18(8-6-17)33-16-22(26)24-11-13-25(14-12-24)34(28,29)19-9-10-20(30-2)21(15-19)31-3/h5-10,15H,4,11-14,16H2,1-3H3. The number of methoxy groups -OCH3 is 2. The van der Waals surface area contributed by atoms with Crippen LogP contribution in [0.5, 0.6) is 17.2 Å². The number of rotatable bonds is 9. The van der Waals surface area contributed by atoms with Crippen molar-refractivity contribution >= 4 is 21.9 Å². The van der Waals surface area contributed by atoms with Crippen molar-refractivity contribution in [1.29, 1.82) is 0 Å². The molecule has 0 aliphatic carbocycles. The van der Waals surface area contributed by atoms with Crippen molar-refractivity contribution in [2.24, 2.45) is 0 Å². The average molecular weight is 493 g/mol. The molecule has 1 saturated heterocycles. The van der Waals surface area contributed by atoms with Crippen LogP contribution in [0.2, 0.25) is 0 Å². The summed E-state index contributed by atoms with van der Waals surface area (Å²) < 4.78 is 48.2. The van der Waals surface area contributed by atoms with Crippen LogP contribution in [0.1, 0.15) is 17.3 Å². The number of hydrogen-bond acceptors (Lipinski definition) is 8. The third-order valence-electron chi connectivity index (χ3n) is 5.31. The van der Waals surface area contributed by atoms with E-state index >= 15 is 0 Å². The predicted molar refractivity (Wildman–Crippen MR) is 123 cm³/mol. The fourth-order valence-corrected chi connectivity index (χ4v) is 4.88. The van der Waals surface area contributed by atoms with Gasteiger partial charge in [0.2, 0.25) is 10.0 Å². The Bertz CT molecular complexity index is 1110. The van der Waals surface area contributed by atoms with E-state index in [1.54, 1.807) is 42.2 Å². The van der Waals surface area contributed by atoms with Crippen molar-refractivity contribution in [1.82, 2.24) is 9.21 Å². The molecule has 3 rings (SSSR count). The van der Waals surface area contributed by atoms with Crippen LogP contribution in [-0.4, -0.2) is 83.1 Å². The first-order valence-electron chi connectivity index (χ1n) is 10.7. The maximum atomic E-state index is 13.0. The monoisotopic (exact) mass is 492 g/mol. The number of carbonyl (C=O) groups is 2. The van der Waals surface area contributed by atoms with Gasteiger partial charge >= 0.3 is 5.97 Å². The van der Waals surface area contributed by atoms with Crippen LogP contribution in [0.15, 0.2) is 47.4 Å². The molecule has 1 fully saturated rings. The smallest absolute Gasteiger partial charge is 0.338 e. The van der Waals surface area contributed by atoms with Crippen LogP contribution in [-0.2, 0) is 19.6 Å². The van der Waals surface area contributed by atoms with E-state index in [0.29, 0.717) is 22.8 Å². The van der Waals surface area contributed by atoms with E-state index in [1.165, 1.54) is 30.7 Å². The highest BCUT2D eigenvalue weighted by Gasteiger charge is 2.31. The van der Waals surface area contributed by atoms with Crippen LogP contribution in [0.25, 0.3) is 0 Å². The fourth-order valence-electron chi connectivity index (χ4n) is 3.44. The Morgan fingerprint density at radius 1 is 0.912 bits per heavy atom. The largest absolute Gasteiger partial charge is 0.493 e. The lowest BCUT2D eigenvalue weighted by Crippen LogP contribution is -2.51. The van der Waals surface area contributed by atoms with Crippen LogP contribution in [0.3, 0.4) is 0 Å². The zero-order valence-corrected chi connectivity index (χ0v) is 20.2. The molecule has 2 aromatic rings. The van der Waals surface area contributed by atoms with Gasteiger partial charge in [-0.1, -0.05) is 0 Å². The summed E-state index contributed by atoms with van der Waals surface area (Å²) >= 11 is 0. The van der Waals surface area contributed by atoms with Crippen LogP contribution < -0.4 is 14.2 Å². The van der Waals surface area contributed by atoms with E-state index in [2.05, 4.69) is 0 Å². The maximum Gasteiger partial charge on any atom is 0.338 e. The maximum absolute atomic E-state index is 13.0. The summed E-state index contributed by atoms with van der Waals surface area (Å²) in [7, 11) is -0.832. The van der Waals surface area contributed by atoms with E-state index in [9.17, 15) is 18.0 Å². The Balaban J connectivity index is 1.54. The van der Waals surface area contributed by atoms with E-state index in [-0.39, 0.29) is 50.2 Å². The second-order valence-electron chi connectivity index (χ2n) is 7.34. The summed E-state index contributed by atoms with van der Waals surface area (Å²) in [4.78, 5) is 25.9. The Hall–Kier alpha value is -3.31. The third-order valence-corrected chi connectivity index (χ3v) is 7.21. The van der Waals surface area contributed by atoms with Crippen molar-refractivity contribution in [3.63, 3.8) is 0 Å². The second kappa shape index (κ2) is 11.2. The molecule has 1 amide bonds. The molecule has 0 N–H and O–H groups in total. The van der Waals surface area contributed by atoms with Gasteiger partial charge in [-0.05, 0) is 43.3 Å². The summed E-state index contributed by atoms with van der Waals surface area (Å²) in [5, 5.41) is 0. The van der Waals surface area contributed by atoms with Crippen molar-refractivity contribution in [3.8, 4) is 17.2 Å². The lowest BCUT2D eigenvalue weighted by Gasteiger charge is -2.34. The Morgan fingerprint density at radius 3 is 2.15 bits per heavy atom. The topological polar surface area (TPSA) is 112 Å². The molecular formula is C23H28N2O8S. The number of piperazine rings is 1. The average Bonchev–Trinajstić information content (AvgIpc) is 2.87. The number of nitrogens with zero attached hydrogens (tertiary/aromatic N) is 2. The van der Waals surface area contributed by atoms with Gasteiger partial charge in [-0.3, -0.25) is 4.79 Å². The van der Waals surface area contributed by atoms with E-state index in [0.717, 1.165) is 0 Å². The molecule has 0 atom stereocenters. The quantitative estimate of drug-likeness (QED) is 0.487. The van der Waals surface area contributed by atoms with Gasteiger partial charge in [-0.25, -0.2) is 13.2 Å². The summed E-state index contributed by atoms with van der Waals surface area (Å²) in [6.07, 6.45) is 0. The molecule has 0 saturated carbocycles. The van der Waals surface area contributed by atoms with E-state index in [1.807, 2.05) is 0 Å². The van der Waals surface area contributed by atoms with Crippen molar-refractivity contribution in [2.75, 3.05) is 53.6 Å². The molecule has 0 spiro atoms. The minimum atomic E-state index is -3.75. The minimum absolute atomic E-state index is 0.0968. The molecular weight excluding hydrogens is 464 g/mol. The number of carbonyl (C=O) groups excluding carboxylic acids is 2. The lowest BCUT2D eigenvalue weighted by atomic mass is 10.2. The van der Waals surface area contributed by atoms with Gasteiger partial charge in [0.1, 0.15) is 5.75 Å². The summed E-state index contributed by atoms with van der Waals surface area (Å²) in [5.41, 5.74) is 0.396. The van der Waals surface area contributed by atoms with Gasteiger partial charge in [0.05, 0.1) is 31.3 Å². The highest BCUT2D eigenvalue weighted by Crippen LogP contribution is 2.30. The number of ether oxygens (including phenoxy) is 4. The number of hydrogen-bond donors (Lipinski definition) is 0. The minimum Gasteiger partial charge on any atom is -0.493 e. The zero-order chi connectivity index (χ0) is 24.7. The van der Waals surface area contributed by atoms with Crippen LogP contribution in [0.4, 0.5) is 0 Å². The van der Waals surface area contributed by atoms with Crippen molar-refractivity contribution < 1.29 is 37.0 Å². The van der Waals surface area contributed by atoms with E-state index in [4.69, 9.17) is 18.9 Å². The SMILES string of the molecule is CCOC(=O)c1ccc(OCC(=O)N2CCN(S(=O)(=O)c3ccc(OC)c(OC)c3)CC2)cc1. The lowest BCUT2D eigenvalue weighted by molar-refractivity contribution is -0.134. The molecule has 0 unspecified atom stereocenters. The van der Waals surface area contributed by atoms with Gasteiger partial charge in [0, 0.05) is 32.2 Å². The zero-order valence-electron chi connectivity index (χ0n) is 19.4. The van der Waals surface area contributed by atoms with Gasteiger partial charge in [0.25, 0.3) is 5.91 Å². The Morgan fingerprint density at radius 2 is 1.56 bits per heavy atom. The number of benzene rings is 2. The van der Waals surface area contributed by atoms with Crippen LogP contribution in [0, 0.1) is 0 Å². The Labute approximate surface area is 199 Å². The molecule has 1 aliphatic heterocycles. The summed E-state index contributed by atoms with van der Waals surface area (Å²) in [5.74, 6) is 0.525. The van der Waals surface area contributed by atoms with Crippen molar-refractivity contribution in [3.05, 3.63) is 48.0 Å². The number of amides is 1. The summed E-state index contributed by atoms with van der Waals surface area (Å²) in [6.45, 7) is 2.64. The van der Waals surface area contributed by atoms with Gasteiger partial charge < -0.3 is 23.8 Å². The fraction of sp³-hybridized carbons (Fsp3) is 0.391. The highest BCUT2D eigenvalue weighted by atomic mass is 32.2. The predicted octanol–water partition coefficient (Wildman–Crippen LogP) is 1.79. The van der Waals surface area contributed by atoms with Crippen molar-refractivity contribution in [2.45, 2.75) is 11.8 Å². The molecule has 10 nitrogen and oxygen atoms in total. The second-order valence-corrected chi connectivity index (χ2v) is 9.27. The molecule has 0 aromatic heterocycles. The first-order chi connectivity index (χ1) is 16.3. The molecule has 34 heavy (non-hydrogen) atoms. The third kappa shape index (κ3) is 5.78. The normalized spacial score (nSPS) is 14.4. The molecule has 1 aliphatic rings. The molecule has 11 heteroatoms. The highest BCUT2D eigenvalue weighted by molar-refractivity contribution is 7.89. The number of sulfonamides is 1. The van der Waals surface area contributed by atoms with Gasteiger partial charge in [-0.2, -0.15) is 4.31 Å². The molecule has 2 aromatic carbocycles. The summed E-state index contributed by atoms with van der Waals surface area (Å²) in [6, 6.07) is 10.7. The van der Waals surface area contributed by atoms with Gasteiger partial charge in [-0.15, -0.1) is 0 Å². The molecule has 0 bridgehead atoms. The molecule has 1 heterocycles. The Kier molecular flexibility index (Phi) is 8.35.